The van der Waals surface area contributed by atoms with Crippen LogP contribution in [0.2, 0.25) is 5.82 Å². The van der Waals surface area contributed by atoms with E-state index in [1.54, 1.807) is 7.11 Å². The van der Waals surface area contributed by atoms with Gasteiger partial charge in [-0.2, -0.15) is 0 Å². The highest BCUT2D eigenvalue weighted by Gasteiger charge is 2.45. The summed E-state index contributed by atoms with van der Waals surface area (Å²) >= 11 is 0. The Morgan fingerprint density at radius 3 is 2.67 bits per heavy atom. The molecule has 0 spiro atoms. The molecule has 1 aliphatic carbocycles. The van der Waals surface area contributed by atoms with Crippen molar-refractivity contribution in [3.63, 3.8) is 0 Å². The molecule has 0 bridgehead atoms. The fraction of sp³-hybridized carbons (Fsp3) is 1.00. The minimum Gasteiger partial charge on any atom is -0.427 e. The van der Waals surface area contributed by atoms with Crippen LogP contribution >= 0.6 is 0 Å². The van der Waals surface area contributed by atoms with E-state index in [-0.39, 0.29) is 5.82 Å². The second-order valence-corrected chi connectivity index (χ2v) is 2.53. The Morgan fingerprint density at radius 1 is 1.67 bits per heavy atom. The van der Waals surface area contributed by atoms with E-state index in [1.807, 2.05) is 0 Å². The maximum Gasteiger partial charge on any atom is 0.455 e. The van der Waals surface area contributed by atoms with Gasteiger partial charge in [0.2, 0.25) is 0 Å². The molecule has 0 unspecified atom stereocenters. The quantitative estimate of drug-likeness (QED) is 0.506. The smallest absolute Gasteiger partial charge is 0.427 e. The summed E-state index contributed by atoms with van der Waals surface area (Å²) in [6.45, 7) is 0.655. The molecule has 2 N–H and O–H groups in total. The predicted octanol–water partition coefficient (Wildman–Crippen LogP) is -0.504. The van der Waals surface area contributed by atoms with Crippen LogP contribution in [0.4, 0.5) is 0 Å². The minimum absolute atomic E-state index is 0.0740. The molecule has 1 aliphatic rings. The molecule has 0 aromatic rings. The Bertz CT molecular complexity index is 96.2. The molecule has 0 aromatic heterocycles. The van der Waals surface area contributed by atoms with Gasteiger partial charge in [0.05, 0.1) is 0 Å². The van der Waals surface area contributed by atoms with E-state index >= 15 is 0 Å². The third-order valence-electron chi connectivity index (χ3n) is 1.74. The number of ether oxygens (including phenoxy) is 1. The molecule has 0 heterocycles. The van der Waals surface area contributed by atoms with E-state index in [0.717, 1.165) is 6.42 Å². The van der Waals surface area contributed by atoms with Gasteiger partial charge in [-0.25, -0.2) is 0 Å². The lowest BCUT2D eigenvalue weighted by atomic mass is 9.82. The summed E-state index contributed by atoms with van der Waals surface area (Å²) in [7, 11) is 0.490. The monoisotopic (exact) mass is 130 g/mol. The molecule has 9 heavy (non-hydrogen) atoms. The Hall–Kier alpha value is -0.0551. The van der Waals surface area contributed by atoms with Gasteiger partial charge in [0.1, 0.15) is 0 Å². The van der Waals surface area contributed by atoms with Gasteiger partial charge in [-0.15, -0.1) is 0 Å². The topological polar surface area (TPSA) is 49.7 Å². The average Bonchev–Trinajstić information content (AvgIpc) is 2.47. The first-order valence-electron chi connectivity index (χ1n) is 3.10. The Labute approximate surface area is 54.8 Å². The predicted molar refractivity (Wildman–Crippen MR) is 33.9 cm³/mol. The highest BCUT2D eigenvalue weighted by molar-refractivity contribution is 6.44. The maximum absolute atomic E-state index is 8.59. The first-order chi connectivity index (χ1) is 4.25. The van der Waals surface area contributed by atoms with E-state index in [4.69, 9.17) is 14.8 Å². The van der Waals surface area contributed by atoms with Gasteiger partial charge in [0.15, 0.2) is 0 Å². The minimum atomic E-state index is -1.13. The lowest BCUT2D eigenvalue weighted by Gasteiger charge is -1.95. The molecule has 4 heteroatoms. The molecule has 0 saturated heterocycles. The summed E-state index contributed by atoms with van der Waals surface area (Å²) in [5, 5.41) is 17.2. The second kappa shape index (κ2) is 2.69. The van der Waals surface area contributed by atoms with E-state index in [1.165, 1.54) is 0 Å². The molecule has 0 aromatic carbocycles. The van der Waals surface area contributed by atoms with Gasteiger partial charge < -0.3 is 14.8 Å². The van der Waals surface area contributed by atoms with Gasteiger partial charge in [-0.05, 0) is 18.2 Å². The Kier molecular flexibility index (Phi) is 2.11. The second-order valence-electron chi connectivity index (χ2n) is 2.53. The van der Waals surface area contributed by atoms with Crippen LogP contribution in [0.1, 0.15) is 6.42 Å². The zero-order chi connectivity index (χ0) is 6.85. The van der Waals surface area contributed by atoms with Crippen LogP contribution in [0.25, 0.3) is 0 Å². The van der Waals surface area contributed by atoms with Crippen LogP contribution in [0, 0.1) is 5.92 Å². The van der Waals surface area contributed by atoms with Gasteiger partial charge in [-0.1, -0.05) is 0 Å². The molecule has 1 saturated carbocycles. The molecule has 1 rings (SSSR count). The van der Waals surface area contributed by atoms with Crippen molar-refractivity contribution in [2.24, 2.45) is 5.92 Å². The van der Waals surface area contributed by atoms with Crippen LogP contribution in [0.15, 0.2) is 0 Å². The van der Waals surface area contributed by atoms with Gasteiger partial charge in [0, 0.05) is 13.7 Å². The van der Waals surface area contributed by atoms with Gasteiger partial charge in [0.25, 0.3) is 0 Å². The van der Waals surface area contributed by atoms with E-state index in [9.17, 15) is 0 Å². The maximum atomic E-state index is 8.59. The summed E-state index contributed by atoms with van der Waals surface area (Å²) in [6, 6.07) is 0. The molecular formula is C5H11BO3. The summed E-state index contributed by atoms with van der Waals surface area (Å²) in [6.07, 6.45) is 0.894. The van der Waals surface area contributed by atoms with E-state index < -0.39 is 7.12 Å². The average molecular weight is 130 g/mol. The SMILES string of the molecule is COC[C@H]1C[C@@H]1B(O)O. The summed E-state index contributed by atoms with van der Waals surface area (Å²) in [4.78, 5) is 0. The van der Waals surface area contributed by atoms with Crippen LogP contribution in [-0.4, -0.2) is 30.9 Å². The van der Waals surface area contributed by atoms with Gasteiger partial charge in [-0.3, -0.25) is 0 Å². The fourth-order valence-electron chi connectivity index (χ4n) is 1.04. The van der Waals surface area contributed by atoms with Gasteiger partial charge >= 0.3 is 7.12 Å². The molecular weight excluding hydrogens is 119 g/mol. The van der Waals surface area contributed by atoms with E-state index in [0.29, 0.717) is 12.5 Å². The van der Waals surface area contributed by atoms with Crippen molar-refractivity contribution in [1.82, 2.24) is 0 Å². The van der Waals surface area contributed by atoms with E-state index in [2.05, 4.69) is 0 Å². The van der Waals surface area contributed by atoms with Crippen LogP contribution in [0.5, 0.6) is 0 Å². The molecule has 1 fully saturated rings. The lowest BCUT2D eigenvalue weighted by Crippen LogP contribution is -2.12. The molecule has 3 nitrogen and oxygen atoms in total. The third kappa shape index (κ3) is 1.68. The highest BCUT2D eigenvalue weighted by Crippen LogP contribution is 2.45. The molecule has 0 radical (unpaired) electrons. The van der Waals surface area contributed by atoms with Crippen molar-refractivity contribution in [2.75, 3.05) is 13.7 Å². The first kappa shape index (κ1) is 7.06. The van der Waals surface area contributed by atoms with Crippen LogP contribution in [0.3, 0.4) is 0 Å². The zero-order valence-corrected chi connectivity index (χ0v) is 5.45. The number of hydrogen-bond acceptors (Lipinski definition) is 3. The number of hydrogen-bond donors (Lipinski definition) is 2. The fourth-order valence-corrected chi connectivity index (χ4v) is 1.04. The molecule has 0 amide bonds. The summed E-state index contributed by atoms with van der Waals surface area (Å²) in [5.41, 5.74) is 0. The van der Waals surface area contributed by atoms with Crippen molar-refractivity contribution in [3.05, 3.63) is 0 Å². The van der Waals surface area contributed by atoms with Crippen molar-refractivity contribution in [1.29, 1.82) is 0 Å². The summed E-state index contributed by atoms with van der Waals surface area (Å²) < 4.78 is 4.82. The normalized spacial score (nSPS) is 32.3. The number of rotatable bonds is 3. The molecule has 52 valence electrons. The highest BCUT2D eigenvalue weighted by atomic mass is 16.5. The molecule has 2 atom stereocenters. The summed E-state index contributed by atoms with van der Waals surface area (Å²) in [5.74, 6) is 0.458. The lowest BCUT2D eigenvalue weighted by molar-refractivity contribution is 0.184. The molecule has 0 aliphatic heterocycles. The van der Waals surface area contributed by atoms with Crippen LogP contribution < -0.4 is 0 Å². The number of methoxy groups -OCH3 is 1. The largest absolute Gasteiger partial charge is 0.455 e. The standard InChI is InChI=1S/C5H11BO3/c1-9-3-4-2-5(4)6(7)8/h4-5,7-8H,2-3H2,1H3/t4-,5+/m1/s1. The van der Waals surface area contributed by atoms with Crippen LogP contribution in [-0.2, 0) is 4.74 Å². The Balaban J connectivity index is 2.09. The van der Waals surface area contributed by atoms with Crippen molar-refractivity contribution in [2.45, 2.75) is 12.2 Å². The third-order valence-corrected chi connectivity index (χ3v) is 1.74. The zero-order valence-electron chi connectivity index (χ0n) is 5.45. The Morgan fingerprint density at radius 2 is 2.33 bits per heavy atom. The first-order valence-corrected chi connectivity index (χ1v) is 3.10. The van der Waals surface area contributed by atoms with Crippen molar-refractivity contribution in [3.8, 4) is 0 Å². The van der Waals surface area contributed by atoms with Crippen molar-refractivity contribution < 1.29 is 14.8 Å². The van der Waals surface area contributed by atoms with Crippen molar-refractivity contribution >= 4 is 7.12 Å².